The van der Waals surface area contributed by atoms with Crippen LogP contribution >= 0.6 is 11.6 Å². The van der Waals surface area contributed by atoms with Crippen molar-refractivity contribution in [2.45, 2.75) is 19.8 Å². The van der Waals surface area contributed by atoms with Gasteiger partial charge in [0.05, 0.1) is 29.4 Å². The van der Waals surface area contributed by atoms with Gasteiger partial charge >= 0.3 is 5.97 Å². The molecule has 0 bridgehead atoms. The van der Waals surface area contributed by atoms with Crippen molar-refractivity contribution in [3.8, 4) is 5.75 Å². The third-order valence-electron chi connectivity index (χ3n) is 4.04. The molecule has 3 N–H and O–H groups in total. The number of anilines is 3. The standard InChI is InChI=1S/C20H20ClFN4O3/c1-2-28-19(27)4-3-7-29-18-10-17-13(9-16(18)23)20(25-11-24-17)26-12-5-6-15(22)14(21)8-12/h5-6,8-11H,2-4,7,23H2,1H3,(H,24,25,26). The minimum absolute atomic E-state index is 0.00591. The Bertz CT molecular complexity index is 1030. The van der Waals surface area contributed by atoms with E-state index in [0.717, 1.165) is 0 Å². The van der Waals surface area contributed by atoms with E-state index in [-0.39, 0.29) is 17.4 Å². The van der Waals surface area contributed by atoms with Gasteiger partial charge in [-0.15, -0.1) is 0 Å². The summed E-state index contributed by atoms with van der Waals surface area (Å²) in [6, 6.07) is 7.70. The Hall–Kier alpha value is -3.13. The second-order valence-corrected chi connectivity index (χ2v) is 6.55. The number of aromatic nitrogens is 2. The molecule has 2 aromatic carbocycles. The monoisotopic (exact) mass is 418 g/mol. The van der Waals surface area contributed by atoms with Gasteiger partial charge in [-0.3, -0.25) is 4.79 Å². The van der Waals surface area contributed by atoms with Crippen molar-refractivity contribution in [1.82, 2.24) is 9.97 Å². The van der Waals surface area contributed by atoms with Crippen molar-refractivity contribution in [3.05, 3.63) is 47.5 Å². The maximum Gasteiger partial charge on any atom is 0.305 e. The van der Waals surface area contributed by atoms with Crippen LogP contribution in [0.2, 0.25) is 5.02 Å². The molecule has 0 fully saturated rings. The number of halogens is 2. The Labute approximate surface area is 172 Å². The van der Waals surface area contributed by atoms with E-state index < -0.39 is 5.82 Å². The molecular weight excluding hydrogens is 399 g/mol. The molecule has 0 aliphatic rings. The van der Waals surface area contributed by atoms with E-state index in [1.54, 1.807) is 25.1 Å². The summed E-state index contributed by atoms with van der Waals surface area (Å²) in [6.07, 6.45) is 2.19. The van der Waals surface area contributed by atoms with Crippen LogP contribution in [0.1, 0.15) is 19.8 Å². The van der Waals surface area contributed by atoms with Crippen LogP contribution in [0.4, 0.5) is 21.6 Å². The van der Waals surface area contributed by atoms with Crippen molar-refractivity contribution in [2.24, 2.45) is 0 Å². The fourth-order valence-electron chi connectivity index (χ4n) is 2.67. The number of benzene rings is 2. The van der Waals surface area contributed by atoms with E-state index in [2.05, 4.69) is 15.3 Å². The molecule has 29 heavy (non-hydrogen) atoms. The average molecular weight is 419 g/mol. The third kappa shape index (κ3) is 5.23. The van der Waals surface area contributed by atoms with Gasteiger partial charge in [-0.25, -0.2) is 14.4 Å². The number of nitrogens with two attached hydrogens (primary N) is 1. The van der Waals surface area contributed by atoms with E-state index in [9.17, 15) is 9.18 Å². The second-order valence-electron chi connectivity index (χ2n) is 6.14. The van der Waals surface area contributed by atoms with Crippen LogP contribution < -0.4 is 15.8 Å². The molecule has 9 heteroatoms. The Balaban J connectivity index is 1.75. The highest BCUT2D eigenvalue weighted by molar-refractivity contribution is 6.31. The minimum Gasteiger partial charge on any atom is -0.491 e. The highest BCUT2D eigenvalue weighted by atomic mass is 35.5. The van der Waals surface area contributed by atoms with Crippen LogP contribution in [0.15, 0.2) is 36.7 Å². The van der Waals surface area contributed by atoms with Gasteiger partial charge in [0.15, 0.2) is 0 Å². The predicted octanol–water partition coefficient (Wildman–Crippen LogP) is 4.47. The predicted molar refractivity (Wildman–Crippen MR) is 110 cm³/mol. The summed E-state index contributed by atoms with van der Waals surface area (Å²) in [6.45, 7) is 2.44. The largest absolute Gasteiger partial charge is 0.491 e. The lowest BCUT2D eigenvalue weighted by Gasteiger charge is -2.12. The summed E-state index contributed by atoms with van der Waals surface area (Å²) in [5.74, 6) is 0.208. The zero-order valence-electron chi connectivity index (χ0n) is 15.7. The average Bonchev–Trinajstić information content (AvgIpc) is 2.69. The van der Waals surface area contributed by atoms with Crippen LogP contribution in [0.25, 0.3) is 10.9 Å². The zero-order chi connectivity index (χ0) is 20.8. The SMILES string of the molecule is CCOC(=O)CCCOc1cc2ncnc(Nc3ccc(F)c(Cl)c3)c2cc1N. The third-order valence-corrected chi connectivity index (χ3v) is 4.33. The molecular formula is C20H20ClFN4O3. The molecule has 3 aromatic rings. The molecule has 0 amide bonds. The van der Waals surface area contributed by atoms with E-state index in [1.807, 2.05) is 0 Å². The number of esters is 1. The Morgan fingerprint density at radius 2 is 2.10 bits per heavy atom. The second kappa shape index (κ2) is 9.38. The maximum absolute atomic E-state index is 13.4. The lowest BCUT2D eigenvalue weighted by atomic mass is 10.2. The molecule has 0 radical (unpaired) electrons. The number of hydrogen-bond acceptors (Lipinski definition) is 7. The highest BCUT2D eigenvalue weighted by Crippen LogP contribution is 2.32. The van der Waals surface area contributed by atoms with Gasteiger partial charge in [0.1, 0.15) is 23.7 Å². The van der Waals surface area contributed by atoms with Gasteiger partial charge in [0.2, 0.25) is 0 Å². The van der Waals surface area contributed by atoms with E-state index >= 15 is 0 Å². The van der Waals surface area contributed by atoms with Gasteiger partial charge in [-0.05, 0) is 37.6 Å². The van der Waals surface area contributed by atoms with Gasteiger partial charge in [0, 0.05) is 23.6 Å². The number of fused-ring (bicyclic) bond motifs is 1. The smallest absolute Gasteiger partial charge is 0.305 e. The van der Waals surface area contributed by atoms with E-state index in [0.29, 0.717) is 53.5 Å². The van der Waals surface area contributed by atoms with Crippen LogP contribution in [0.5, 0.6) is 5.75 Å². The molecule has 1 heterocycles. The topological polar surface area (TPSA) is 99.4 Å². The summed E-state index contributed by atoms with van der Waals surface area (Å²) in [7, 11) is 0. The van der Waals surface area contributed by atoms with Crippen LogP contribution in [0.3, 0.4) is 0 Å². The lowest BCUT2D eigenvalue weighted by Crippen LogP contribution is -2.07. The zero-order valence-corrected chi connectivity index (χ0v) is 16.5. The molecule has 1 aromatic heterocycles. The Morgan fingerprint density at radius 3 is 2.86 bits per heavy atom. The molecule has 0 saturated carbocycles. The fourth-order valence-corrected chi connectivity index (χ4v) is 2.85. The molecule has 0 spiro atoms. The summed E-state index contributed by atoms with van der Waals surface area (Å²) in [4.78, 5) is 19.8. The van der Waals surface area contributed by atoms with Crippen LogP contribution in [-0.2, 0) is 9.53 Å². The van der Waals surface area contributed by atoms with Gasteiger partial charge in [0.25, 0.3) is 0 Å². The number of ether oxygens (including phenoxy) is 2. The first-order valence-electron chi connectivity index (χ1n) is 9.02. The van der Waals surface area contributed by atoms with Crippen molar-refractivity contribution in [2.75, 3.05) is 24.3 Å². The van der Waals surface area contributed by atoms with Gasteiger partial charge < -0.3 is 20.5 Å². The maximum atomic E-state index is 13.4. The van der Waals surface area contributed by atoms with Crippen LogP contribution in [-0.4, -0.2) is 29.2 Å². The van der Waals surface area contributed by atoms with Crippen LogP contribution in [0, 0.1) is 5.82 Å². The Morgan fingerprint density at radius 1 is 1.28 bits per heavy atom. The quantitative estimate of drug-likeness (QED) is 0.316. The molecule has 0 saturated heterocycles. The molecule has 0 unspecified atom stereocenters. The van der Waals surface area contributed by atoms with E-state index in [4.69, 9.17) is 26.8 Å². The molecule has 3 rings (SSSR count). The molecule has 0 atom stereocenters. The van der Waals surface area contributed by atoms with Crippen molar-refractivity contribution < 1.29 is 18.7 Å². The number of hydrogen-bond donors (Lipinski definition) is 2. The summed E-state index contributed by atoms with van der Waals surface area (Å²) in [5.41, 5.74) is 7.71. The fraction of sp³-hybridized carbons (Fsp3) is 0.250. The van der Waals surface area contributed by atoms with Gasteiger partial charge in [-0.2, -0.15) is 0 Å². The molecule has 0 aliphatic heterocycles. The van der Waals surface area contributed by atoms with Crippen molar-refractivity contribution in [1.29, 1.82) is 0 Å². The highest BCUT2D eigenvalue weighted by Gasteiger charge is 2.11. The molecule has 152 valence electrons. The van der Waals surface area contributed by atoms with Crippen molar-refractivity contribution >= 4 is 45.7 Å². The first-order valence-corrected chi connectivity index (χ1v) is 9.40. The first kappa shape index (κ1) is 20.6. The normalized spacial score (nSPS) is 10.7. The number of nitrogens with zero attached hydrogens (tertiary/aromatic N) is 2. The first-order chi connectivity index (χ1) is 14.0. The van der Waals surface area contributed by atoms with Crippen molar-refractivity contribution in [3.63, 3.8) is 0 Å². The number of carbonyl (C=O) groups excluding carboxylic acids is 1. The number of nitrogens with one attached hydrogen (secondary N) is 1. The lowest BCUT2D eigenvalue weighted by molar-refractivity contribution is -0.143. The number of carbonyl (C=O) groups is 1. The number of rotatable bonds is 8. The minimum atomic E-state index is -0.501. The summed E-state index contributed by atoms with van der Waals surface area (Å²) < 4.78 is 23.9. The summed E-state index contributed by atoms with van der Waals surface area (Å²) >= 11 is 5.83. The number of nitrogen functional groups attached to an aromatic ring is 1. The van der Waals surface area contributed by atoms with E-state index in [1.165, 1.54) is 18.5 Å². The molecule has 7 nitrogen and oxygen atoms in total. The molecule has 0 aliphatic carbocycles. The van der Waals surface area contributed by atoms with Gasteiger partial charge in [-0.1, -0.05) is 11.6 Å². The summed E-state index contributed by atoms with van der Waals surface area (Å²) in [5, 5.41) is 3.76. The Kier molecular flexibility index (Phi) is 6.66.